The Morgan fingerprint density at radius 1 is 1.00 bits per heavy atom. The van der Waals surface area contributed by atoms with Crippen LogP contribution in [0.15, 0.2) is 42.5 Å². The van der Waals surface area contributed by atoms with Gasteiger partial charge in [-0.05, 0) is 42.7 Å². The summed E-state index contributed by atoms with van der Waals surface area (Å²) in [5.41, 5.74) is 3.68. The van der Waals surface area contributed by atoms with Gasteiger partial charge in [0.15, 0.2) is 12.4 Å². The number of Topliss-reactive ketones (excluding diaryl/α,β-unsaturated/α-hetero) is 1. The van der Waals surface area contributed by atoms with E-state index in [2.05, 4.69) is 5.32 Å². The predicted octanol–water partition coefficient (Wildman–Crippen LogP) is 3.05. The minimum absolute atomic E-state index is 0.0744. The first-order valence-electron chi connectivity index (χ1n) is 8.66. The van der Waals surface area contributed by atoms with Crippen LogP contribution in [0, 0.1) is 13.8 Å². The number of ketones is 1. The van der Waals surface area contributed by atoms with Crippen LogP contribution in [-0.4, -0.2) is 29.4 Å². The van der Waals surface area contributed by atoms with Crippen LogP contribution in [0.25, 0.3) is 0 Å². The van der Waals surface area contributed by atoms with E-state index in [0.717, 1.165) is 16.7 Å². The summed E-state index contributed by atoms with van der Waals surface area (Å²) in [5.74, 6) is -1.17. The van der Waals surface area contributed by atoms with Gasteiger partial charge in [-0.2, -0.15) is 0 Å². The van der Waals surface area contributed by atoms with Gasteiger partial charge in [0, 0.05) is 18.5 Å². The summed E-state index contributed by atoms with van der Waals surface area (Å²) >= 11 is 0. The van der Waals surface area contributed by atoms with Gasteiger partial charge >= 0.3 is 5.97 Å². The number of carboxylic acid groups (broad SMARTS) is 1. The molecule has 0 aliphatic rings. The number of ether oxygens (including phenoxy) is 1. The van der Waals surface area contributed by atoms with E-state index in [-0.39, 0.29) is 31.1 Å². The maximum atomic E-state index is 12.0. The number of hydrogen-bond donors (Lipinski definition) is 2. The fraction of sp³-hybridized carbons (Fsp3) is 0.286. The molecule has 0 aliphatic heterocycles. The van der Waals surface area contributed by atoms with Crippen molar-refractivity contribution in [2.45, 2.75) is 33.2 Å². The molecule has 0 heterocycles. The van der Waals surface area contributed by atoms with Crippen LogP contribution in [0.2, 0.25) is 0 Å². The lowest BCUT2D eigenvalue weighted by molar-refractivity contribution is -0.137. The number of carboxylic acids is 1. The molecule has 6 heteroatoms. The first-order chi connectivity index (χ1) is 12.9. The van der Waals surface area contributed by atoms with Crippen molar-refractivity contribution in [3.05, 3.63) is 64.7 Å². The molecule has 2 aromatic rings. The Balaban J connectivity index is 1.87. The molecule has 0 saturated carbocycles. The zero-order chi connectivity index (χ0) is 19.8. The molecule has 2 aromatic carbocycles. The van der Waals surface area contributed by atoms with Crippen LogP contribution in [0.1, 0.15) is 39.9 Å². The SMILES string of the molecule is Cc1cccc(C)c1CNC(=O)COc1cccc(C(=O)CCC(=O)O)c1. The summed E-state index contributed by atoms with van der Waals surface area (Å²) in [6.07, 6.45) is -0.292. The lowest BCUT2D eigenvalue weighted by atomic mass is 10.0. The molecule has 0 aromatic heterocycles. The monoisotopic (exact) mass is 369 g/mol. The molecule has 0 radical (unpaired) electrons. The number of rotatable bonds is 9. The highest BCUT2D eigenvalue weighted by molar-refractivity contribution is 5.97. The molecule has 0 atom stereocenters. The summed E-state index contributed by atoms with van der Waals surface area (Å²) in [4.78, 5) is 34.6. The van der Waals surface area contributed by atoms with Gasteiger partial charge in [0.05, 0.1) is 6.42 Å². The normalized spacial score (nSPS) is 10.3. The molecular weight excluding hydrogens is 346 g/mol. The molecule has 2 N–H and O–H groups in total. The van der Waals surface area contributed by atoms with Crippen molar-refractivity contribution in [3.63, 3.8) is 0 Å². The van der Waals surface area contributed by atoms with E-state index in [4.69, 9.17) is 9.84 Å². The molecule has 0 fully saturated rings. The first-order valence-corrected chi connectivity index (χ1v) is 8.66. The Labute approximate surface area is 158 Å². The highest BCUT2D eigenvalue weighted by atomic mass is 16.5. The summed E-state index contributed by atoms with van der Waals surface area (Å²) in [7, 11) is 0. The molecule has 0 aliphatic carbocycles. The van der Waals surface area contributed by atoms with Crippen LogP contribution in [0.3, 0.4) is 0 Å². The largest absolute Gasteiger partial charge is 0.484 e. The summed E-state index contributed by atoms with van der Waals surface area (Å²) in [6, 6.07) is 12.4. The van der Waals surface area contributed by atoms with Gasteiger partial charge < -0.3 is 15.2 Å². The molecule has 2 rings (SSSR count). The third kappa shape index (κ3) is 6.26. The van der Waals surface area contributed by atoms with Gasteiger partial charge in [0.1, 0.15) is 5.75 Å². The van der Waals surface area contributed by atoms with Crippen molar-refractivity contribution in [1.82, 2.24) is 5.32 Å². The van der Waals surface area contributed by atoms with Crippen molar-refractivity contribution < 1.29 is 24.2 Å². The number of carbonyl (C=O) groups excluding carboxylic acids is 2. The third-order valence-electron chi connectivity index (χ3n) is 4.20. The summed E-state index contributed by atoms with van der Waals surface area (Å²) < 4.78 is 5.45. The second kappa shape index (κ2) is 9.52. The number of amides is 1. The molecule has 142 valence electrons. The number of aryl methyl sites for hydroxylation is 2. The van der Waals surface area contributed by atoms with Crippen LogP contribution in [0.4, 0.5) is 0 Å². The first kappa shape index (κ1) is 20.2. The van der Waals surface area contributed by atoms with Crippen LogP contribution >= 0.6 is 0 Å². The molecule has 27 heavy (non-hydrogen) atoms. The number of aliphatic carboxylic acids is 1. The Morgan fingerprint density at radius 3 is 2.33 bits per heavy atom. The lowest BCUT2D eigenvalue weighted by Crippen LogP contribution is -2.29. The van der Waals surface area contributed by atoms with Crippen molar-refractivity contribution in [2.75, 3.05) is 6.61 Å². The van der Waals surface area contributed by atoms with Gasteiger partial charge in [-0.3, -0.25) is 14.4 Å². The van der Waals surface area contributed by atoms with E-state index in [9.17, 15) is 14.4 Å². The molecule has 1 amide bonds. The maximum Gasteiger partial charge on any atom is 0.303 e. The predicted molar refractivity (Wildman–Crippen MR) is 101 cm³/mol. The molecule has 6 nitrogen and oxygen atoms in total. The van der Waals surface area contributed by atoms with Gasteiger partial charge in [0.2, 0.25) is 0 Å². The van der Waals surface area contributed by atoms with Crippen molar-refractivity contribution in [2.24, 2.45) is 0 Å². The summed E-state index contributed by atoms with van der Waals surface area (Å²) in [6.45, 7) is 4.25. The third-order valence-corrected chi connectivity index (χ3v) is 4.20. The van der Waals surface area contributed by atoms with E-state index in [1.165, 1.54) is 6.07 Å². The second-order valence-electron chi connectivity index (χ2n) is 6.28. The lowest BCUT2D eigenvalue weighted by Gasteiger charge is -2.12. The quantitative estimate of drug-likeness (QED) is 0.663. The highest BCUT2D eigenvalue weighted by Gasteiger charge is 2.10. The number of benzene rings is 2. The van der Waals surface area contributed by atoms with Crippen molar-refractivity contribution in [3.8, 4) is 5.75 Å². The van der Waals surface area contributed by atoms with E-state index in [1.807, 2.05) is 32.0 Å². The average molecular weight is 369 g/mol. The van der Waals surface area contributed by atoms with E-state index in [1.54, 1.807) is 18.2 Å². The topological polar surface area (TPSA) is 92.7 Å². The zero-order valence-corrected chi connectivity index (χ0v) is 15.5. The second-order valence-corrected chi connectivity index (χ2v) is 6.28. The van der Waals surface area contributed by atoms with Crippen LogP contribution < -0.4 is 10.1 Å². The Bertz CT molecular complexity index is 824. The zero-order valence-electron chi connectivity index (χ0n) is 15.5. The smallest absolute Gasteiger partial charge is 0.303 e. The van der Waals surface area contributed by atoms with Gasteiger partial charge in [0.25, 0.3) is 5.91 Å². The fourth-order valence-corrected chi connectivity index (χ4v) is 2.64. The van der Waals surface area contributed by atoms with Gasteiger partial charge in [-0.25, -0.2) is 0 Å². The maximum absolute atomic E-state index is 12.0. The number of nitrogens with one attached hydrogen (secondary N) is 1. The Morgan fingerprint density at radius 2 is 1.67 bits per heavy atom. The molecule has 0 bridgehead atoms. The Hall–Kier alpha value is -3.15. The van der Waals surface area contributed by atoms with Crippen molar-refractivity contribution >= 4 is 17.7 Å². The highest BCUT2D eigenvalue weighted by Crippen LogP contribution is 2.16. The van der Waals surface area contributed by atoms with Crippen LogP contribution in [-0.2, 0) is 16.1 Å². The summed E-state index contributed by atoms with van der Waals surface area (Å²) in [5, 5.41) is 11.5. The van der Waals surface area contributed by atoms with Gasteiger partial charge in [-0.15, -0.1) is 0 Å². The van der Waals surface area contributed by atoms with Crippen LogP contribution in [0.5, 0.6) is 5.75 Å². The fourth-order valence-electron chi connectivity index (χ4n) is 2.64. The average Bonchev–Trinajstić information content (AvgIpc) is 2.64. The minimum atomic E-state index is -1.02. The van der Waals surface area contributed by atoms with E-state index < -0.39 is 5.97 Å². The standard InChI is InChI=1S/C21H23NO5/c1-14-5-3-6-15(2)18(14)12-22-20(24)13-27-17-8-4-7-16(11-17)19(23)9-10-21(25)26/h3-8,11H,9-10,12-13H2,1-2H3,(H,22,24)(H,25,26). The molecule has 0 spiro atoms. The molecule has 0 saturated heterocycles. The number of hydrogen-bond acceptors (Lipinski definition) is 4. The van der Waals surface area contributed by atoms with Crippen molar-refractivity contribution in [1.29, 1.82) is 0 Å². The minimum Gasteiger partial charge on any atom is -0.484 e. The Kier molecular flexibility index (Phi) is 7.11. The van der Waals surface area contributed by atoms with E-state index >= 15 is 0 Å². The molecule has 0 unspecified atom stereocenters. The molecular formula is C21H23NO5. The number of carbonyl (C=O) groups is 3. The van der Waals surface area contributed by atoms with E-state index in [0.29, 0.717) is 17.9 Å². The van der Waals surface area contributed by atoms with Gasteiger partial charge in [-0.1, -0.05) is 30.3 Å².